The Kier molecular flexibility index (Phi) is 4.23. The van der Waals surface area contributed by atoms with Crippen molar-refractivity contribution in [2.24, 2.45) is 0 Å². The van der Waals surface area contributed by atoms with E-state index in [9.17, 15) is 14.4 Å². The maximum Gasteiger partial charge on any atom is 0.260 e. The molecule has 0 saturated carbocycles. The van der Waals surface area contributed by atoms with Crippen molar-refractivity contribution in [3.63, 3.8) is 0 Å². The van der Waals surface area contributed by atoms with Crippen LogP contribution in [0, 0.1) is 0 Å². The number of imide groups is 1. The van der Waals surface area contributed by atoms with Crippen molar-refractivity contribution in [3.8, 4) is 5.88 Å². The van der Waals surface area contributed by atoms with Crippen molar-refractivity contribution in [1.82, 2.24) is 20.5 Å². The molecule has 0 spiro atoms. The first-order valence-electron chi connectivity index (χ1n) is 8.76. The zero-order valence-electron chi connectivity index (χ0n) is 14.6. The highest BCUT2D eigenvalue weighted by Gasteiger charge is 2.41. The van der Waals surface area contributed by atoms with Gasteiger partial charge in [-0.2, -0.15) is 4.98 Å². The second-order valence-electron chi connectivity index (χ2n) is 6.66. The number of rotatable bonds is 3. The molecule has 9 nitrogen and oxygen atoms in total. The first-order chi connectivity index (χ1) is 12.6. The van der Waals surface area contributed by atoms with Crippen molar-refractivity contribution in [1.29, 1.82) is 0 Å². The molecule has 3 aliphatic heterocycles. The van der Waals surface area contributed by atoms with Gasteiger partial charge in [0.1, 0.15) is 17.4 Å². The lowest BCUT2D eigenvalue weighted by Crippen LogP contribution is -2.52. The van der Waals surface area contributed by atoms with E-state index in [0.29, 0.717) is 18.5 Å². The number of aromatic nitrogens is 1. The van der Waals surface area contributed by atoms with Crippen LogP contribution < -0.4 is 20.3 Å². The lowest BCUT2D eigenvalue weighted by Gasteiger charge is -2.29. The van der Waals surface area contributed by atoms with Gasteiger partial charge in [0.15, 0.2) is 0 Å². The number of piperazine rings is 1. The normalized spacial score (nSPS) is 23.1. The van der Waals surface area contributed by atoms with E-state index in [1.54, 1.807) is 0 Å². The van der Waals surface area contributed by atoms with Gasteiger partial charge < -0.3 is 19.9 Å². The fourth-order valence-electron chi connectivity index (χ4n) is 3.74. The zero-order chi connectivity index (χ0) is 18.3. The number of methoxy groups -OCH3 is 1. The van der Waals surface area contributed by atoms with Crippen LogP contribution in [0.3, 0.4) is 0 Å². The van der Waals surface area contributed by atoms with Crippen LogP contribution in [0.2, 0.25) is 0 Å². The molecule has 0 aliphatic carbocycles. The third kappa shape index (κ3) is 2.78. The summed E-state index contributed by atoms with van der Waals surface area (Å²) in [6.07, 6.45) is 0.572. The average Bonchev–Trinajstić information content (AvgIpc) is 2.98. The molecular formula is C17H21N5O4. The van der Waals surface area contributed by atoms with Gasteiger partial charge in [0, 0.05) is 39.1 Å². The van der Waals surface area contributed by atoms with Crippen molar-refractivity contribution in [3.05, 3.63) is 17.2 Å². The maximum atomic E-state index is 12.9. The summed E-state index contributed by atoms with van der Waals surface area (Å²) in [5, 5.41) is 5.61. The standard InChI is InChI=1S/C17H21N5O4/c1-26-16-14-10(8-12(19-16)21-6-4-18-5-7-21)9-22(17(14)25)11-2-3-13(23)20-15(11)24/h8,11,18H,2-7,9H2,1H3,(H,20,23,24). The SMILES string of the molecule is COc1nc(N2CCNCC2)cc2c1C(=O)N(C1CCC(=O)NC1=O)C2. The minimum atomic E-state index is -0.639. The Labute approximate surface area is 150 Å². The molecule has 4 rings (SSSR count). The third-order valence-electron chi connectivity index (χ3n) is 5.09. The number of anilines is 1. The van der Waals surface area contributed by atoms with Crippen LogP contribution in [0.5, 0.6) is 5.88 Å². The Hall–Kier alpha value is -2.68. The highest BCUT2D eigenvalue weighted by Crippen LogP contribution is 2.35. The minimum absolute atomic E-state index is 0.234. The molecule has 1 unspecified atom stereocenters. The zero-order valence-corrected chi connectivity index (χ0v) is 14.6. The summed E-state index contributed by atoms with van der Waals surface area (Å²) in [6, 6.07) is 1.27. The number of pyridine rings is 1. The highest BCUT2D eigenvalue weighted by molar-refractivity contribution is 6.06. The lowest BCUT2D eigenvalue weighted by molar-refractivity contribution is -0.136. The molecule has 9 heteroatoms. The van der Waals surface area contributed by atoms with Crippen LogP contribution in [-0.4, -0.2) is 66.9 Å². The summed E-state index contributed by atoms with van der Waals surface area (Å²) in [5.74, 6) is 0.0777. The van der Waals surface area contributed by atoms with Gasteiger partial charge in [0.2, 0.25) is 17.7 Å². The molecule has 1 aromatic rings. The monoisotopic (exact) mass is 359 g/mol. The van der Waals surface area contributed by atoms with Gasteiger partial charge >= 0.3 is 0 Å². The molecule has 3 amide bonds. The number of amides is 3. The Morgan fingerprint density at radius 2 is 2.00 bits per heavy atom. The number of carbonyl (C=O) groups excluding carboxylic acids is 3. The summed E-state index contributed by atoms with van der Waals surface area (Å²) in [6.45, 7) is 3.74. The molecule has 3 aliphatic rings. The van der Waals surface area contributed by atoms with E-state index in [1.807, 2.05) is 6.07 Å². The molecule has 4 heterocycles. The van der Waals surface area contributed by atoms with Gasteiger partial charge in [-0.25, -0.2) is 0 Å². The summed E-state index contributed by atoms with van der Waals surface area (Å²) in [7, 11) is 1.49. The maximum absolute atomic E-state index is 12.9. The molecule has 26 heavy (non-hydrogen) atoms. The van der Waals surface area contributed by atoms with Crippen molar-refractivity contribution >= 4 is 23.5 Å². The van der Waals surface area contributed by atoms with E-state index in [0.717, 1.165) is 37.6 Å². The largest absolute Gasteiger partial charge is 0.480 e. The number of carbonyl (C=O) groups is 3. The molecule has 0 aromatic carbocycles. The topological polar surface area (TPSA) is 104 Å². The molecule has 0 bridgehead atoms. The Morgan fingerprint density at radius 1 is 1.23 bits per heavy atom. The number of nitrogens with zero attached hydrogens (tertiary/aromatic N) is 3. The van der Waals surface area contributed by atoms with Gasteiger partial charge in [-0.15, -0.1) is 0 Å². The smallest absolute Gasteiger partial charge is 0.260 e. The first-order valence-corrected chi connectivity index (χ1v) is 8.76. The Morgan fingerprint density at radius 3 is 2.69 bits per heavy atom. The fraction of sp³-hybridized carbons (Fsp3) is 0.529. The van der Waals surface area contributed by atoms with E-state index in [4.69, 9.17) is 4.74 Å². The molecule has 2 N–H and O–H groups in total. The second-order valence-corrected chi connectivity index (χ2v) is 6.66. The van der Waals surface area contributed by atoms with Gasteiger partial charge in [-0.1, -0.05) is 0 Å². The number of nitrogens with one attached hydrogen (secondary N) is 2. The molecule has 1 atom stereocenters. The number of hydrogen-bond acceptors (Lipinski definition) is 7. The number of fused-ring (bicyclic) bond motifs is 1. The molecule has 138 valence electrons. The summed E-state index contributed by atoms with van der Waals surface area (Å²) in [5.41, 5.74) is 1.22. The van der Waals surface area contributed by atoms with Crippen LogP contribution in [-0.2, 0) is 16.1 Å². The quantitative estimate of drug-likeness (QED) is 0.685. The van der Waals surface area contributed by atoms with E-state index in [2.05, 4.69) is 20.5 Å². The van der Waals surface area contributed by atoms with E-state index in [-0.39, 0.29) is 24.1 Å². The highest BCUT2D eigenvalue weighted by atomic mass is 16.5. The lowest BCUT2D eigenvalue weighted by atomic mass is 10.0. The summed E-state index contributed by atoms with van der Waals surface area (Å²) in [4.78, 5) is 44.6. The summed E-state index contributed by atoms with van der Waals surface area (Å²) < 4.78 is 5.38. The number of ether oxygens (including phenoxy) is 1. The molecular weight excluding hydrogens is 338 g/mol. The predicted octanol–water partition coefficient (Wildman–Crippen LogP) is -0.739. The van der Waals surface area contributed by atoms with Crippen LogP contribution in [0.15, 0.2) is 6.07 Å². The van der Waals surface area contributed by atoms with E-state index in [1.165, 1.54) is 12.0 Å². The van der Waals surface area contributed by atoms with E-state index < -0.39 is 11.9 Å². The molecule has 2 saturated heterocycles. The molecule has 2 fully saturated rings. The average molecular weight is 359 g/mol. The third-order valence-corrected chi connectivity index (χ3v) is 5.09. The second kappa shape index (κ2) is 6.56. The van der Waals surface area contributed by atoms with Gasteiger partial charge in [-0.3, -0.25) is 19.7 Å². The van der Waals surface area contributed by atoms with Crippen LogP contribution in [0.4, 0.5) is 5.82 Å². The molecule has 0 radical (unpaired) electrons. The van der Waals surface area contributed by atoms with Crippen LogP contribution in [0.1, 0.15) is 28.8 Å². The summed E-state index contributed by atoms with van der Waals surface area (Å²) >= 11 is 0. The van der Waals surface area contributed by atoms with Crippen molar-refractivity contribution < 1.29 is 19.1 Å². The van der Waals surface area contributed by atoms with Gasteiger partial charge in [0.25, 0.3) is 5.91 Å². The number of piperidine rings is 1. The van der Waals surface area contributed by atoms with Crippen LogP contribution in [0.25, 0.3) is 0 Å². The van der Waals surface area contributed by atoms with Gasteiger partial charge in [-0.05, 0) is 18.1 Å². The first kappa shape index (κ1) is 16.8. The molecule has 1 aromatic heterocycles. The van der Waals surface area contributed by atoms with Crippen molar-refractivity contribution in [2.75, 3.05) is 38.2 Å². The number of hydrogen-bond donors (Lipinski definition) is 2. The minimum Gasteiger partial charge on any atom is -0.480 e. The Balaban J connectivity index is 1.64. The van der Waals surface area contributed by atoms with Gasteiger partial charge in [0.05, 0.1) is 7.11 Å². The van der Waals surface area contributed by atoms with E-state index >= 15 is 0 Å². The van der Waals surface area contributed by atoms with Crippen LogP contribution >= 0.6 is 0 Å². The fourth-order valence-corrected chi connectivity index (χ4v) is 3.74. The Bertz CT molecular complexity index is 775. The van der Waals surface area contributed by atoms with Crippen molar-refractivity contribution in [2.45, 2.75) is 25.4 Å². The predicted molar refractivity (Wildman–Crippen MR) is 91.9 cm³/mol.